The van der Waals surface area contributed by atoms with E-state index in [2.05, 4.69) is 204 Å². The summed E-state index contributed by atoms with van der Waals surface area (Å²) in [5.41, 5.74) is 11.8. The van der Waals surface area contributed by atoms with Gasteiger partial charge in [0.05, 0.1) is 22.2 Å². The fraction of sp³-hybridized carbons (Fsp3) is 0.240. The third-order valence-corrected chi connectivity index (χ3v) is 11.1. The van der Waals surface area contributed by atoms with Crippen molar-refractivity contribution in [3.63, 3.8) is 0 Å². The number of aromatic amines is 1. The van der Waals surface area contributed by atoms with Gasteiger partial charge in [-0.25, -0.2) is 9.97 Å². The lowest BCUT2D eigenvalue weighted by atomic mass is 9.84. The number of aromatic nitrogens is 5. The molecule has 0 aliphatic rings. The van der Waals surface area contributed by atoms with Gasteiger partial charge in [-0.2, -0.15) is 0 Å². The number of imidazole rings is 1. The lowest BCUT2D eigenvalue weighted by Gasteiger charge is -2.22. The number of pyridine rings is 1. The molecule has 0 unspecified atom stereocenters. The quantitative estimate of drug-likeness (QED) is 0.197. The minimum atomic E-state index is -0.108. The van der Waals surface area contributed by atoms with Crippen LogP contribution in [0.1, 0.15) is 79.1 Å². The SMILES string of the molecule is CC(C)(C)c1cc(-c2ccc3c4cc(C(C)(C)C)ccc4n(-c4[nH]c(C(C)(C)C)c5ccccc45)c3n2)cc(-c2nc3ccccc3n2-c2ccccc2)c1. The van der Waals surface area contributed by atoms with Crippen molar-refractivity contribution in [3.05, 3.63) is 144 Å². The molecule has 5 heteroatoms. The third-order valence-electron chi connectivity index (χ3n) is 11.1. The minimum Gasteiger partial charge on any atom is -0.343 e. The van der Waals surface area contributed by atoms with Gasteiger partial charge in [0.2, 0.25) is 0 Å². The first kappa shape index (κ1) is 34.8. The van der Waals surface area contributed by atoms with E-state index < -0.39 is 0 Å². The van der Waals surface area contributed by atoms with E-state index in [9.17, 15) is 0 Å². The predicted octanol–water partition coefficient (Wildman–Crippen LogP) is 13.2. The zero-order valence-electron chi connectivity index (χ0n) is 33.4. The molecule has 0 saturated heterocycles. The molecule has 9 aromatic rings. The summed E-state index contributed by atoms with van der Waals surface area (Å²) in [5, 5.41) is 4.78. The van der Waals surface area contributed by atoms with Crippen molar-refractivity contribution in [2.75, 3.05) is 0 Å². The van der Waals surface area contributed by atoms with Crippen LogP contribution in [0.4, 0.5) is 0 Å². The monoisotopic (exact) mass is 719 g/mol. The van der Waals surface area contributed by atoms with Gasteiger partial charge in [0, 0.05) is 49.5 Å². The maximum absolute atomic E-state index is 5.63. The second-order valence-electron chi connectivity index (χ2n) is 18.2. The van der Waals surface area contributed by atoms with Crippen LogP contribution >= 0.6 is 0 Å². The fourth-order valence-electron chi connectivity index (χ4n) is 8.07. The van der Waals surface area contributed by atoms with Crippen molar-refractivity contribution < 1.29 is 0 Å². The van der Waals surface area contributed by atoms with Crippen LogP contribution in [0, 0.1) is 0 Å². The van der Waals surface area contributed by atoms with E-state index in [1.807, 2.05) is 0 Å². The number of fused-ring (bicyclic) bond motifs is 5. The van der Waals surface area contributed by atoms with Crippen molar-refractivity contribution in [2.24, 2.45) is 0 Å². The Morgan fingerprint density at radius 1 is 0.473 bits per heavy atom. The molecule has 0 saturated carbocycles. The molecule has 5 aromatic carbocycles. The average molecular weight is 720 g/mol. The summed E-state index contributed by atoms with van der Waals surface area (Å²) >= 11 is 0. The summed E-state index contributed by atoms with van der Waals surface area (Å²) < 4.78 is 4.65. The van der Waals surface area contributed by atoms with Crippen molar-refractivity contribution in [1.29, 1.82) is 0 Å². The molecule has 0 spiro atoms. The number of H-pyrrole nitrogens is 1. The molecule has 274 valence electrons. The van der Waals surface area contributed by atoms with Crippen LogP contribution in [0.25, 0.3) is 77.9 Å². The van der Waals surface area contributed by atoms with Gasteiger partial charge in [0.25, 0.3) is 0 Å². The summed E-state index contributed by atoms with van der Waals surface area (Å²) in [6, 6.07) is 46.0. The van der Waals surface area contributed by atoms with E-state index in [0.717, 1.165) is 61.7 Å². The Hall–Kier alpha value is -5.94. The number of hydrogen-bond donors (Lipinski definition) is 1. The maximum Gasteiger partial charge on any atom is 0.147 e. The highest BCUT2D eigenvalue weighted by atomic mass is 15.1. The Bertz CT molecular complexity index is 2910. The number of hydrogen-bond acceptors (Lipinski definition) is 2. The van der Waals surface area contributed by atoms with E-state index in [4.69, 9.17) is 9.97 Å². The van der Waals surface area contributed by atoms with Gasteiger partial charge in [-0.1, -0.05) is 123 Å². The molecule has 1 N–H and O–H groups in total. The second-order valence-corrected chi connectivity index (χ2v) is 18.2. The lowest BCUT2D eigenvalue weighted by Crippen LogP contribution is -2.12. The molecule has 5 nitrogen and oxygen atoms in total. The number of rotatable bonds is 4. The van der Waals surface area contributed by atoms with Crippen molar-refractivity contribution in [2.45, 2.75) is 78.6 Å². The maximum atomic E-state index is 5.63. The first-order valence-corrected chi connectivity index (χ1v) is 19.4. The van der Waals surface area contributed by atoms with E-state index >= 15 is 0 Å². The fourth-order valence-corrected chi connectivity index (χ4v) is 8.07. The standard InChI is InChI=1S/C50H49N5/c1-48(2,3)33-23-26-42-39(30-33)38-24-25-40(51-46(38)55(42)47-37-20-14-13-19-36(37)44(53-47)50(7,8)9)31-27-32(29-34(28-31)49(4,5)6)45-52-41-21-15-16-22-43(41)54(45)35-17-11-10-12-18-35/h10-30,53H,1-9H3. The Morgan fingerprint density at radius 3 is 1.87 bits per heavy atom. The summed E-state index contributed by atoms with van der Waals surface area (Å²) in [6.07, 6.45) is 0. The van der Waals surface area contributed by atoms with Gasteiger partial charge in [-0.15, -0.1) is 0 Å². The second kappa shape index (κ2) is 12.3. The molecule has 55 heavy (non-hydrogen) atoms. The molecule has 4 heterocycles. The molecule has 0 aliphatic carbocycles. The molecule has 0 aliphatic heterocycles. The van der Waals surface area contributed by atoms with Gasteiger partial charge in [0.15, 0.2) is 0 Å². The molecule has 9 rings (SSSR count). The van der Waals surface area contributed by atoms with Crippen LogP contribution in [0.5, 0.6) is 0 Å². The topological polar surface area (TPSA) is 51.4 Å². The summed E-state index contributed by atoms with van der Waals surface area (Å²) in [5.74, 6) is 1.96. The Kier molecular flexibility index (Phi) is 7.78. The predicted molar refractivity (Wildman–Crippen MR) is 232 cm³/mol. The largest absolute Gasteiger partial charge is 0.343 e. The summed E-state index contributed by atoms with van der Waals surface area (Å²) in [4.78, 5) is 14.8. The number of nitrogens with zero attached hydrogens (tertiary/aromatic N) is 4. The molecule has 0 atom stereocenters. The number of para-hydroxylation sites is 3. The van der Waals surface area contributed by atoms with Crippen LogP contribution in [-0.2, 0) is 16.2 Å². The molecular weight excluding hydrogens is 671 g/mol. The van der Waals surface area contributed by atoms with Gasteiger partial charge < -0.3 is 4.98 Å². The molecule has 0 amide bonds. The van der Waals surface area contributed by atoms with Gasteiger partial charge in [0.1, 0.15) is 17.3 Å². The van der Waals surface area contributed by atoms with E-state index in [-0.39, 0.29) is 16.2 Å². The van der Waals surface area contributed by atoms with Crippen LogP contribution < -0.4 is 0 Å². The smallest absolute Gasteiger partial charge is 0.147 e. The van der Waals surface area contributed by atoms with Crippen molar-refractivity contribution in [3.8, 4) is 34.2 Å². The number of nitrogens with one attached hydrogen (secondary N) is 1. The average Bonchev–Trinajstić information content (AvgIpc) is 3.84. The first-order valence-electron chi connectivity index (χ1n) is 19.4. The molecular formula is C50H49N5. The molecule has 0 bridgehead atoms. The highest BCUT2D eigenvalue weighted by Crippen LogP contribution is 2.41. The highest BCUT2D eigenvalue weighted by Gasteiger charge is 2.26. The minimum absolute atomic E-state index is 0.00850. The normalized spacial score (nSPS) is 12.8. The van der Waals surface area contributed by atoms with Crippen molar-refractivity contribution >= 4 is 43.7 Å². The first-order chi connectivity index (χ1) is 26.2. The van der Waals surface area contributed by atoms with Crippen LogP contribution in [-0.4, -0.2) is 24.1 Å². The van der Waals surface area contributed by atoms with Crippen LogP contribution in [0.3, 0.4) is 0 Å². The molecule has 4 aromatic heterocycles. The lowest BCUT2D eigenvalue weighted by molar-refractivity contribution is 0.577. The molecule has 0 fully saturated rings. The zero-order valence-corrected chi connectivity index (χ0v) is 33.4. The Morgan fingerprint density at radius 2 is 1.15 bits per heavy atom. The van der Waals surface area contributed by atoms with E-state index in [1.54, 1.807) is 0 Å². The van der Waals surface area contributed by atoms with Crippen LogP contribution in [0.15, 0.2) is 127 Å². The van der Waals surface area contributed by atoms with E-state index in [0.29, 0.717) is 0 Å². The summed E-state index contributed by atoms with van der Waals surface area (Å²) in [6.45, 7) is 20.5. The Labute approximate surface area is 323 Å². The molecule has 0 radical (unpaired) electrons. The number of benzene rings is 5. The third kappa shape index (κ3) is 5.85. The van der Waals surface area contributed by atoms with Gasteiger partial charge >= 0.3 is 0 Å². The van der Waals surface area contributed by atoms with Gasteiger partial charge in [-0.3, -0.25) is 9.13 Å². The van der Waals surface area contributed by atoms with E-state index in [1.165, 1.54) is 33.0 Å². The Balaban J connectivity index is 1.33. The zero-order chi connectivity index (χ0) is 38.4. The van der Waals surface area contributed by atoms with Crippen molar-refractivity contribution in [1.82, 2.24) is 24.1 Å². The highest BCUT2D eigenvalue weighted by molar-refractivity contribution is 6.10. The van der Waals surface area contributed by atoms with Gasteiger partial charge in [-0.05, 0) is 88.7 Å². The summed E-state index contributed by atoms with van der Waals surface area (Å²) in [7, 11) is 0. The van der Waals surface area contributed by atoms with Crippen LogP contribution in [0.2, 0.25) is 0 Å².